The molecule has 2 aromatic heterocycles. The van der Waals surface area contributed by atoms with Crippen LogP contribution in [0, 0.1) is 12.3 Å². The summed E-state index contributed by atoms with van der Waals surface area (Å²) in [4.78, 5) is 19.1. The van der Waals surface area contributed by atoms with Crippen molar-refractivity contribution in [2.75, 3.05) is 6.54 Å². The Balaban J connectivity index is 1.86. The van der Waals surface area contributed by atoms with E-state index in [2.05, 4.69) is 30.9 Å². The van der Waals surface area contributed by atoms with Crippen molar-refractivity contribution in [2.45, 2.75) is 53.0 Å². The molecule has 0 N–H and O–H groups in total. The van der Waals surface area contributed by atoms with Gasteiger partial charge in [0, 0.05) is 18.8 Å². The predicted molar refractivity (Wildman–Crippen MR) is 84.7 cm³/mol. The summed E-state index contributed by atoms with van der Waals surface area (Å²) in [5, 5.41) is 4.71. The molecule has 0 saturated carbocycles. The standard InChI is InChI=1S/C17H23N3O2/c1-11-14-8-12(10-18-15(14)22-19-11)16(21)20-7-5-6-13(20)9-17(2,3)4/h8,10,13H,5-7,9H2,1-4H3/t13-/m1/s1. The highest BCUT2D eigenvalue weighted by Gasteiger charge is 2.32. The van der Waals surface area contributed by atoms with Crippen molar-refractivity contribution < 1.29 is 9.32 Å². The van der Waals surface area contributed by atoms with E-state index in [-0.39, 0.29) is 11.3 Å². The fraction of sp³-hybridized carbons (Fsp3) is 0.588. The van der Waals surface area contributed by atoms with Gasteiger partial charge in [-0.1, -0.05) is 25.9 Å². The molecule has 5 heteroatoms. The monoisotopic (exact) mass is 301 g/mol. The lowest BCUT2D eigenvalue weighted by molar-refractivity contribution is 0.0704. The molecular weight excluding hydrogens is 278 g/mol. The number of hydrogen-bond acceptors (Lipinski definition) is 4. The molecule has 3 rings (SSSR count). The van der Waals surface area contributed by atoms with Gasteiger partial charge in [-0.15, -0.1) is 0 Å². The Morgan fingerprint density at radius 1 is 1.45 bits per heavy atom. The number of fused-ring (bicyclic) bond motifs is 1. The minimum Gasteiger partial charge on any atom is -0.336 e. The normalized spacial score (nSPS) is 19.1. The Morgan fingerprint density at radius 2 is 2.23 bits per heavy atom. The van der Waals surface area contributed by atoms with Crippen LogP contribution in [0.4, 0.5) is 0 Å². The molecule has 3 heterocycles. The third kappa shape index (κ3) is 2.85. The van der Waals surface area contributed by atoms with Gasteiger partial charge in [-0.3, -0.25) is 4.79 Å². The Morgan fingerprint density at radius 3 is 2.95 bits per heavy atom. The summed E-state index contributed by atoms with van der Waals surface area (Å²) in [7, 11) is 0. The molecule has 0 unspecified atom stereocenters. The van der Waals surface area contributed by atoms with Crippen LogP contribution in [-0.2, 0) is 0 Å². The summed E-state index contributed by atoms with van der Waals surface area (Å²) >= 11 is 0. The summed E-state index contributed by atoms with van der Waals surface area (Å²) in [5.41, 5.74) is 2.10. The van der Waals surface area contributed by atoms with Gasteiger partial charge < -0.3 is 9.42 Å². The van der Waals surface area contributed by atoms with Gasteiger partial charge in [0.25, 0.3) is 11.6 Å². The van der Waals surface area contributed by atoms with Gasteiger partial charge in [0.15, 0.2) is 0 Å². The minimum atomic E-state index is 0.0711. The number of pyridine rings is 1. The maximum Gasteiger partial charge on any atom is 0.257 e. The molecule has 1 atom stereocenters. The first-order valence-corrected chi connectivity index (χ1v) is 7.88. The Kier molecular flexibility index (Phi) is 3.67. The molecule has 0 aliphatic carbocycles. The van der Waals surface area contributed by atoms with E-state index in [1.807, 2.05) is 17.9 Å². The van der Waals surface area contributed by atoms with Crippen molar-refractivity contribution in [3.63, 3.8) is 0 Å². The van der Waals surface area contributed by atoms with Crippen LogP contribution in [0.25, 0.3) is 11.1 Å². The lowest BCUT2D eigenvalue weighted by Gasteiger charge is -2.30. The van der Waals surface area contributed by atoms with E-state index in [9.17, 15) is 4.79 Å². The number of carbonyl (C=O) groups excluding carboxylic acids is 1. The van der Waals surface area contributed by atoms with Crippen molar-refractivity contribution in [2.24, 2.45) is 5.41 Å². The lowest BCUT2D eigenvalue weighted by atomic mass is 9.87. The van der Waals surface area contributed by atoms with E-state index < -0.39 is 0 Å². The molecule has 1 fully saturated rings. The molecule has 2 aromatic rings. The first-order valence-electron chi connectivity index (χ1n) is 7.88. The number of rotatable bonds is 2. The topological polar surface area (TPSA) is 59.2 Å². The summed E-state index contributed by atoms with van der Waals surface area (Å²) in [6.07, 6.45) is 4.79. The number of amides is 1. The molecule has 118 valence electrons. The number of aryl methyl sites for hydroxylation is 1. The Bertz CT molecular complexity index is 699. The smallest absolute Gasteiger partial charge is 0.257 e. The van der Waals surface area contributed by atoms with E-state index in [1.54, 1.807) is 6.20 Å². The van der Waals surface area contributed by atoms with Gasteiger partial charge in [-0.25, -0.2) is 4.98 Å². The van der Waals surface area contributed by atoms with Gasteiger partial charge in [-0.2, -0.15) is 0 Å². The van der Waals surface area contributed by atoms with Crippen LogP contribution in [-0.4, -0.2) is 33.5 Å². The molecule has 5 nitrogen and oxygen atoms in total. The van der Waals surface area contributed by atoms with Crippen molar-refractivity contribution in [1.29, 1.82) is 0 Å². The van der Waals surface area contributed by atoms with Crippen LogP contribution in [0.1, 0.15) is 56.1 Å². The van der Waals surface area contributed by atoms with Crippen molar-refractivity contribution in [1.82, 2.24) is 15.0 Å². The van der Waals surface area contributed by atoms with Gasteiger partial charge in [-0.05, 0) is 37.7 Å². The highest BCUT2D eigenvalue weighted by atomic mass is 16.5. The van der Waals surface area contributed by atoms with Crippen LogP contribution in [0.5, 0.6) is 0 Å². The molecule has 1 aliphatic heterocycles. The van der Waals surface area contributed by atoms with E-state index in [1.165, 1.54) is 0 Å². The van der Waals surface area contributed by atoms with Crippen LogP contribution < -0.4 is 0 Å². The number of hydrogen-bond donors (Lipinski definition) is 0. The Hall–Kier alpha value is -1.91. The second-order valence-electron chi connectivity index (χ2n) is 7.40. The number of nitrogens with zero attached hydrogens (tertiary/aromatic N) is 3. The molecule has 0 bridgehead atoms. The second kappa shape index (κ2) is 5.38. The zero-order chi connectivity index (χ0) is 15.9. The summed E-state index contributed by atoms with van der Waals surface area (Å²) < 4.78 is 5.11. The Labute approximate surface area is 130 Å². The third-order valence-electron chi connectivity index (χ3n) is 4.24. The first kappa shape index (κ1) is 15.0. The van der Waals surface area contributed by atoms with Crippen LogP contribution in [0.15, 0.2) is 16.8 Å². The van der Waals surface area contributed by atoms with Gasteiger partial charge in [0.05, 0.1) is 16.6 Å². The van der Waals surface area contributed by atoms with E-state index in [0.29, 0.717) is 17.3 Å². The zero-order valence-electron chi connectivity index (χ0n) is 13.7. The molecule has 0 radical (unpaired) electrons. The number of aromatic nitrogens is 2. The minimum absolute atomic E-state index is 0.0711. The molecular formula is C17H23N3O2. The summed E-state index contributed by atoms with van der Waals surface area (Å²) in [5.74, 6) is 0.0711. The molecule has 22 heavy (non-hydrogen) atoms. The largest absolute Gasteiger partial charge is 0.336 e. The lowest BCUT2D eigenvalue weighted by Crippen LogP contribution is -2.37. The number of carbonyl (C=O) groups is 1. The molecule has 0 spiro atoms. The van der Waals surface area contributed by atoms with Crippen LogP contribution in [0.2, 0.25) is 0 Å². The average Bonchev–Trinajstić information content (AvgIpc) is 3.03. The van der Waals surface area contributed by atoms with Crippen molar-refractivity contribution in [3.05, 3.63) is 23.5 Å². The quantitative estimate of drug-likeness (QED) is 0.850. The second-order valence-corrected chi connectivity index (χ2v) is 7.40. The number of likely N-dealkylation sites (tertiary alicyclic amines) is 1. The summed E-state index contributed by atoms with van der Waals surface area (Å²) in [6, 6.07) is 2.18. The highest BCUT2D eigenvalue weighted by Crippen LogP contribution is 2.31. The molecule has 1 saturated heterocycles. The van der Waals surface area contributed by atoms with E-state index >= 15 is 0 Å². The highest BCUT2D eigenvalue weighted by molar-refractivity contribution is 5.97. The van der Waals surface area contributed by atoms with Gasteiger partial charge >= 0.3 is 0 Å². The van der Waals surface area contributed by atoms with Crippen molar-refractivity contribution >= 4 is 17.0 Å². The van der Waals surface area contributed by atoms with E-state index in [0.717, 1.165) is 36.9 Å². The third-order valence-corrected chi connectivity index (χ3v) is 4.24. The van der Waals surface area contributed by atoms with Gasteiger partial charge in [0.2, 0.25) is 0 Å². The maximum absolute atomic E-state index is 12.9. The SMILES string of the molecule is Cc1noc2ncc(C(=O)N3CCC[C@@H]3CC(C)(C)C)cc12. The fourth-order valence-corrected chi connectivity index (χ4v) is 3.25. The molecule has 0 aromatic carbocycles. The van der Waals surface area contributed by atoms with E-state index in [4.69, 9.17) is 4.52 Å². The summed E-state index contributed by atoms with van der Waals surface area (Å²) in [6.45, 7) is 9.37. The first-order chi connectivity index (χ1) is 10.3. The van der Waals surface area contributed by atoms with Crippen molar-refractivity contribution in [3.8, 4) is 0 Å². The molecule has 1 aliphatic rings. The fourth-order valence-electron chi connectivity index (χ4n) is 3.25. The zero-order valence-corrected chi connectivity index (χ0v) is 13.7. The average molecular weight is 301 g/mol. The van der Waals surface area contributed by atoms with Gasteiger partial charge in [0.1, 0.15) is 0 Å². The maximum atomic E-state index is 12.9. The van der Waals surface area contributed by atoms with Crippen LogP contribution in [0.3, 0.4) is 0 Å². The molecule has 1 amide bonds. The predicted octanol–water partition coefficient (Wildman–Crippen LogP) is 3.57. The van der Waals surface area contributed by atoms with Crippen LogP contribution >= 0.6 is 0 Å².